The molecule has 2 rings (SSSR count). The second-order valence-corrected chi connectivity index (χ2v) is 4.42. The van der Waals surface area contributed by atoms with Crippen LogP contribution in [0.1, 0.15) is 0 Å². The van der Waals surface area contributed by atoms with E-state index in [4.69, 9.17) is 0 Å². The van der Waals surface area contributed by atoms with Crippen LogP contribution in [0.3, 0.4) is 0 Å². The molecule has 2 atom stereocenters. The van der Waals surface area contributed by atoms with Gasteiger partial charge in [-0.2, -0.15) is 0 Å². The molecule has 24 heavy (non-hydrogen) atoms. The quantitative estimate of drug-likeness (QED) is 0.299. The fourth-order valence-corrected chi connectivity index (χ4v) is 1.49. The maximum absolute atomic E-state index is 11.6. The van der Waals surface area contributed by atoms with Crippen molar-refractivity contribution < 1.29 is 39.4 Å². The summed E-state index contributed by atoms with van der Waals surface area (Å²) in [6, 6.07) is 16.0. The van der Waals surface area contributed by atoms with Gasteiger partial charge in [-0.25, -0.2) is 0 Å². The highest BCUT2D eigenvalue weighted by Crippen LogP contribution is 2.11. The van der Waals surface area contributed by atoms with Crippen LogP contribution in [0.2, 0.25) is 0 Å². The molecule has 126 valence electrons. The van der Waals surface area contributed by atoms with Crippen molar-refractivity contribution in [3.63, 3.8) is 0 Å². The van der Waals surface area contributed by atoms with Gasteiger partial charge >= 0.3 is 0 Å². The van der Waals surface area contributed by atoms with Crippen molar-refractivity contribution in [1.29, 1.82) is 0 Å². The summed E-state index contributed by atoms with van der Waals surface area (Å²) >= 11 is 0. The predicted molar refractivity (Wildman–Crippen MR) is 78.3 cm³/mol. The van der Waals surface area contributed by atoms with Gasteiger partial charge in [0, 0.05) is 0 Å². The second-order valence-electron chi connectivity index (χ2n) is 4.42. The van der Waals surface area contributed by atoms with E-state index in [9.17, 15) is 19.8 Å². The predicted octanol–water partition coefficient (Wildman–Crippen LogP) is 0.783. The van der Waals surface area contributed by atoms with E-state index in [2.05, 4.69) is 19.6 Å². The molecule has 2 N–H and O–H groups in total. The molecule has 0 fully saturated rings. The Kier molecular flexibility index (Phi) is 6.41. The summed E-state index contributed by atoms with van der Waals surface area (Å²) in [7, 11) is 0. The van der Waals surface area contributed by atoms with Crippen LogP contribution in [-0.2, 0) is 19.4 Å². The van der Waals surface area contributed by atoms with Crippen molar-refractivity contribution in [3.8, 4) is 11.5 Å². The molecular formula is C16H14O8. The standard InChI is InChI=1S/C16H14O8/c17-13(15(19)23-21-11-7-3-1-4-8-11)14(18)16(20)24-22-12-9-5-2-6-10-12/h1-10,15-16,19-20H. The van der Waals surface area contributed by atoms with Crippen LogP contribution >= 0.6 is 0 Å². The molecule has 2 aromatic rings. The molecule has 8 nitrogen and oxygen atoms in total. The third-order valence-electron chi connectivity index (χ3n) is 2.65. The van der Waals surface area contributed by atoms with Crippen LogP contribution in [0.4, 0.5) is 0 Å². The summed E-state index contributed by atoms with van der Waals surface area (Å²) in [5, 5.41) is 18.9. The van der Waals surface area contributed by atoms with Gasteiger partial charge in [-0.05, 0) is 24.3 Å². The minimum atomic E-state index is -2.23. The third kappa shape index (κ3) is 5.14. The summed E-state index contributed by atoms with van der Waals surface area (Å²) in [4.78, 5) is 41.4. The van der Waals surface area contributed by atoms with Gasteiger partial charge in [-0.1, -0.05) is 36.4 Å². The number of aliphatic hydroxyl groups is 2. The lowest BCUT2D eigenvalue weighted by Gasteiger charge is -2.12. The zero-order valence-electron chi connectivity index (χ0n) is 12.3. The number of para-hydroxylation sites is 2. The highest BCUT2D eigenvalue weighted by atomic mass is 17.2. The van der Waals surface area contributed by atoms with E-state index in [1.54, 1.807) is 36.4 Å². The van der Waals surface area contributed by atoms with Gasteiger partial charge in [0.2, 0.25) is 0 Å². The van der Waals surface area contributed by atoms with Crippen LogP contribution < -0.4 is 9.78 Å². The average molecular weight is 334 g/mol. The van der Waals surface area contributed by atoms with E-state index in [0.717, 1.165) is 0 Å². The van der Waals surface area contributed by atoms with Crippen molar-refractivity contribution in [1.82, 2.24) is 0 Å². The summed E-state index contributed by atoms with van der Waals surface area (Å²) in [5.41, 5.74) is 0. The van der Waals surface area contributed by atoms with Gasteiger partial charge in [0.15, 0.2) is 11.5 Å². The first kappa shape index (κ1) is 17.6. The van der Waals surface area contributed by atoms with Gasteiger partial charge in [0.05, 0.1) is 0 Å². The number of carbonyl (C=O) groups excluding carboxylic acids is 2. The van der Waals surface area contributed by atoms with Crippen molar-refractivity contribution in [2.24, 2.45) is 0 Å². The largest absolute Gasteiger partial charge is 0.359 e. The SMILES string of the molecule is O=C(C(=O)C(O)OOc1ccccc1)C(O)OOc1ccccc1. The fourth-order valence-electron chi connectivity index (χ4n) is 1.49. The van der Waals surface area contributed by atoms with Gasteiger partial charge in [-0.3, -0.25) is 9.59 Å². The van der Waals surface area contributed by atoms with Crippen LogP contribution in [0.15, 0.2) is 60.7 Å². The van der Waals surface area contributed by atoms with Crippen molar-refractivity contribution in [3.05, 3.63) is 60.7 Å². The number of ketones is 2. The van der Waals surface area contributed by atoms with E-state index in [1.807, 2.05) is 0 Å². The van der Waals surface area contributed by atoms with Gasteiger partial charge < -0.3 is 20.0 Å². The number of hydrogen-bond donors (Lipinski definition) is 2. The minimum absolute atomic E-state index is 0.209. The molecule has 0 aliphatic heterocycles. The van der Waals surface area contributed by atoms with Gasteiger partial charge in [0.1, 0.15) is 0 Å². The van der Waals surface area contributed by atoms with E-state index in [-0.39, 0.29) is 11.5 Å². The Morgan fingerprint density at radius 1 is 0.667 bits per heavy atom. The smallest absolute Gasteiger partial charge is 0.268 e. The minimum Gasteiger partial charge on any atom is -0.359 e. The van der Waals surface area contributed by atoms with E-state index in [0.29, 0.717) is 0 Å². The van der Waals surface area contributed by atoms with Crippen LogP contribution in [-0.4, -0.2) is 34.4 Å². The Balaban J connectivity index is 1.80. The van der Waals surface area contributed by atoms with Crippen LogP contribution in [0, 0.1) is 0 Å². The first-order chi connectivity index (χ1) is 11.6. The molecule has 0 aliphatic carbocycles. The summed E-state index contributed by atoms with van der Waals surface area (Å²) < 4.78 is 0. The number of Topliss-reactive ketones (excluding diaryl/α,β-unsaturated/α-hetero) is 2. The van der Waals surface area contributed by atoms with Crippen molar-refractivity contribution in [2.45, 2.75) is 12.6 Å². The normalized spacial score (nSPS) is 12.9. The third-order valence-corrected chi connectivity index (χ3v) is 2.65. The molecule has 0 spiro atoms. The summed E-state index contributed by atoms with van der Waals surface area (Å²) in [6.07, 6.45) is -4.46. The summed E-state index contributed by atoms with van der Waals surface area (Å²) in [5.74, 6) is -2.51. The molecule has 0 heterocycles. The fraction of sp³-hybridized carbons (Fsp3) is 0.125. The summed E-state index contributed by atoms with van der Waals surface area (Å²) in [6.45, 7) is 0. The number of rotatable bonds is 9. The molecule has 2 aromatic carbocycles. The zero-order chi connectivity index (χ0) is 17.4. The Hall–Kier alpha value is -2.78. The van der Waals surface area contributed by atoms with E-state index >= 15 is 0 Å². The lowest BCUT2D eigenvalue weighted by atomic mass is 10.2. The topological polar surface area (TPSA) is 112 Å². The molecule has 0 radical (unpaired) electrons. The molecule has 0 saturated heterocycles. The molecule has 0 saturated carbocycles. The Morgan fingerprint density at radius 3 is 1.33 bits per heavy atom. The van der Waals surface area contributed by atoms with Crippen molar-refractivity contribution >= 4 is 11.6 Å². The van der Waals surface area contributed by atoms with Crippen LogP contribution in [0.5, 0.6) is 11.5 Å². The second kappa shape index (κ2) is 8.75. The Bertz CT molecular complexity index is 599. The molecule has 0 amide bonds. The maximum Gasteiger partial charge on any atom is 0.268 e. The molecular weight excluding hydrogens is 320 g/mol. The maximum atomic E-state index is 11.6. The van der Waals surface area contributed by atoms with Crippen LogP contribution in [0.25, 0.3) is 0 Å². The number of aliphatic hydroxyl groups excluding tert-OH is 2. The zero-order valence-corrected chi connectivity index (χ0v) is 12.3. The first-order valence-corrected chi connectivity index (χ1v) is 6.79. The van der Waals surface area contributed by atoms with E-state index < -0.39 is 24.1 Å². The lowest BCUT2D eigenvalue weighted by Crippen LogP contribution is -2.39. The number of carbonyl (C=O) groups is 2. The van der Waals surface area contributed by atoms with Crippen molar-refractivity contribution in [2.75, 3.05) is 0 Å². The monoisotopic (exact) mass is 334 g/mol. The highest BCUT2D eigenvalue weighted by Gasteiger charge is 2.32. The first-order valence-electron chi connectivity index (χ1n) is 6.79. The molecule has 2 unspecified atom stereocenters. The average Bonchev–Trinajstić information content (AvgIpc) is 2.64. The Morgan fingerprint density at radius 2 is 1.00 bits per heavy atom. The van der Waals surface area contributed by atoms with E-state index in [1.165, 1.54) is 24.3 Å². The van der Waals surface area contributed by atoms with Gasteiger partial charge in [0.25, 0.3) is 24.1 Å². The number of hydrogen-bond acceptors (Lipinski definition) is 8. The molecule has 0 bridgehead atoms. The Labute approximate surface area is 136 Å². The number of benzene rings is 2. The van der Waals surface area contributed by atoms with Gasteiger partial charge in [-0.15, -0.1) is 9.78 Å². The molecule has 0 aliphatic rings. The molecule has 8 heteroatoms. The highest BCUT2D eigenvalue weighted by molar-refractivity contribution is 6.39. The lowest BCUT2D eigenvalue weighted by molar-refractivity contribution is -0.301. The molecule has 0 aromatic heterocycles.